The van der Waals surface area contributed by atoms with Gasteiger partial charge in [-0.15, -0.1) is 10.2 Å². The molecule has 21 heavy (non-hydrogen) atoms. The fraction of sp³-hybridized carbons (Fsp3) is 0.462. The van der Waals surface area contributed by atoms with E-state index in [9.17, 15) is 13.2 Å². The average molecular weight is 297 g/mol. The van der Waals surface area contributed by atoms with Crippen LogP contribution in [-0.4, -0.2) is 33.3 Å². The molecule has 0 saturated carbocycles. The molecule has 0 bridgehead atoms. The number of benzene rings is 1. The van der Waals surface area contributed by atoms with E-state index >= 15 is 0 Å². The van der Waals surface area contributed by atoms with Crippen LogP contribution in [0.3, 0.4) is 0 Å². The van der Waals surface area contributed by atoms with E-state index in [-0.39, 0.29) is 5.82 Å². The number of nitrogens with zero attached hydrogens (tertiary/aromatic N) is 4. The molecule has 1 N–H and O–H groups in total. The Labute approximate surface area is 119 Å². The van der Waals surface area contributed by atoms with Crippen LogP contribution >= 0.6 is 0 Å². The lowest BCUT2D eigenvalue weighted by atomic mass is 10.1. The van der Waals surface area contributed by atoms with E-state index in [1.165, 1.54) is 10.9 Å². The molecule has 1 aliphatic heterocycles. The number of hydrogen-bond acceptors (Lipinski definition) is 4. The molecule has 8 heteroatoms. The quantitative estimate of drug-likeness (QED) is 0.941. The normalized spacial score (nSPS) is 19.1. The van der Waals surface area contributed by atoms with Gasteiger partial charge in [-0.3, -0.25) is 0 Å². The molecule has 5 nitrogen and oxygen atoms in total. The lowest BCUT2D eigenvalue weighted by molar-refractivity contribution is -0.137. The number of halogens is 3. The summed E-state index contributed by atoms with van der Waals surface area (Å²) in [5.41, 5.74) is -0.392. The highest BCUT2D eigenvalue weighted by Crippen LogP contribution is 2.31. The van der Waals surface area contributed by atoms with Crippen molar-refractivity contribution in [3.63, 3.8) is 0 Å². The number of hydrogen-bond donors (Lipinski definition) is 1. The van der Waals surface area contributed by atoms with Gasteiger partial charge in [-0.2, -0.15) is 18.0 Å². The highest BCUT2D eigenvalue weighted by atomic mass is 19.4. The van der Waals surface area contributed by atoms with Gasteiger partial charge in [0.1, 0.15) is 0 Å². The number of alkyl halides is 3. The van der Waals surface area contributed by atoms with Crippen molar-refractivity contribution in [2.75, 3.05) is 13.1 Å². The first kappa shape index (κ1) is 14.0. The topological polar surface area (TPSA) is 55.6 Å². The molecule has 1 aromatic heterocycles. The Bertz CT molecular complexity index is 616. The molecule has 1 aliphatic rings. The maximum Gasteiger partial charge on any atom is 0.416 e. The monoisotopic (exact) mass is 297 g/mol. The maximum absolute atomic E-state index is 12.7. The van der Waals surface area contributed by atoms with Crippen LogP contribution in [-0.2, 0) is 12.7 Å². The third-order valence-electron chi connectivity index (χ3n) is 3.48. The van der Waals surface area contributed by atoms with E-state index in [2.05, 4.69) is 20.7 Å². The van der Waals surface area contributed by atoms with Crippen molar-refractivity contribution >= 4 is 0 Å². The van der Waals surface area contributed by atoms with Crippen molar-refractivity contribution in [3.05, 3.63) is 29.8 Å². The molecule has 0 spiro atoms. The highest BCUT2D eigenvalue weighted by Gasteiger charge is 2.30. The van der Waals surface area contributed by atoms with Crippen LogP contribution in [0.2, 0.25) is 0 Å². The molecule has 0 unspecified atom stereocenters. The van der Waals surface area contributed by atoms with Gasteiger partial charge in [0, 0.05) is 5.56 Å². The summed E-state index contributed by atoms with van der Waals surface area (Å²) in [6, 6.07) is 4.96. The summed E-state index contributed by atoms with van der Waals surface area (Å²) < 4.78 is 38.1. The van der Waals surface area contributed by atoms with Crippen molar-refractivity contribution in [2.24, 2.45) is 5.92 Å². The molecule has 2 aromatic rings. The molecule has 1 saturated heterocycles. The first-order valence-electron chi connectivity index (χ1n) is 6.68. The Morgan fingerprint density at radius 1 is 1.33 bits per heavy atom. The maximum atomic E-state index is 12.7. The first-order chi connectivity index (χ1) is 10.0. The third-order valence-corrected chi connectivity index (χ3v) is 3.48. The van der Waals surface area contributed by atoms with E-state index in [1.807, 2.05) is 0 Å². The van der Waals surface area contributed by atoms with Gasteiger partial charge in [0.05, 0.1) is 12.1 Å². The van der Waals surface area contributed by atoms with Crippen LogP contribution in [0.25, 0.3) is 11.4 Å². The number of tetrazole rings is 1. The van der Waals surface area contributed by atoms with Crippen LogP contribution in [0.15, 0.2) is 24.3 Å². The molecule has 112 valence electrons. The Kier molecular flexibility index (Phi) is 3.62. The molecule has 0 radical (unpaired) electrons. The zero-order valence-electron chi connectivity index (χ0n) is 11.1. The zero-order valence-corrected chi connectivity index (χ0v) is 11.1. The van der Waals surface area contributed by atoms with Gasteiger partial charge in [0.25, 0.3) is 0 Å². The summed E-state index contributed by atoms with van der Waals surface area (Å²) in [5, 5.41) is 15.2. The Morgan fingerprint density at radius 3 is 2.90 bits per heavy atom. The second-order valence-corrected chi connectivity index (χ2v) is 5.11. The number of rotatable bonds is 3. The average Bonchev–Trinajstić information content (AvgIpc) is 3.10. The summed E-state index contributed by atoms with van der Waals surface area (Å²) >= 11 is 0. The van der Waals surface area contributed by atoms with Crippen LogP contribution in [0.5, 0.6) is 0 Å². The Balaban J connectivity index is 1.79. The smallest absolute Gasteiger partial charge is 0.316 e. The van der Waals surface area contributed by atoms with Crippen molar-refractivity contribution in [2.45, 2.75) is 19.1 Å². The minimum absolute atomic E-state index is 0.215. The molecule has 0 amide bonds. The van der Waals surface area contributed by atoms with Crippen molar-refractivity contribution in [3.8, 4) is 11.4 Å². The van der Waals surface area contributed by atoms with Gasteiger partial charge in [-0.05, 0) is 42.8 Å². The van der Waals surface area contributed by atoms with Gasteiger partial charge in [-0.25, -0.2) is 0 Å². The number of nitrogens with one attached hydrogen (secondary N) is 1. The molecule has 3 rings (SSSR count). The molecular weight excluding hydrogens is 283 g/mol. The minimum Gasteiger partial charge on any atom is -0.316 e. The predicted molar refractivity (Wildman–Crippen MR) is 69.2 cm³/mol. The molecular formula is C13H14F3N5. The summed E-state index contributed by atoms with van der Waals surface area (Å²) in [6.45, 7) is 2.50. The highest BCUT2D eigenvalue weighted by molar-refractivity contribution is 5.55. The fourth-order valence-corrected chi connectivity index (χ4v) is 2.37. The second-order valence-electron chi connectivity index (χ2n) is 5.11. The summed E-state index contributed by atoms with van der Waals surface area (Å²) in [5.74, 6) is 0.653. The first-order valence-corrected chi connectivity index (χ1v) is 6.68. The molecule has 1 fully saturated rings. The lowest BCUT2D eigenvalue weighted by Gasteiger charge is -2.07. The van der Waals surface area contributed by atoms with Gasteiger partial charge in [0.2, 0.25) is 5.82 Å². The Hall–Kier alpha value is -1.96. The zero-order chi connectivity index (χ0) is 14.9. The predicted octanol–water partition coefficient (Wildman–Crippen LogP) is 1.97. The molecule has 1 aromatic carbocycles. The second kappa shape index (κ2) is 5.44. The summed E-state index contributed by atoms with van der Waals surface area (Å²) in [6.07, 6.45) is -3.33. The number of aromatic nitrogens is 4. The standard InChI is InChI=1S/C13H14F3N5/c14-13(15,16)11-3-1-2-10(6-11)12-18-20-21(19-12)8-9-4-5-17-7-9/h1-3,6,9,17H,4-5,7-8H2/t9-/m1/s1. The van der Waals surface area contributed by atoms with E-state index in [1.54, 1.807) is 6.07 Å². The fourth-order valence-electron chi connectivity index (χ4n) is 2.37. The molecule has 2 heterocycles. The van der Waals surface area contributed by atoms with Gasteiger partial charge >= 0.3 is 6.18 Å². The third kappa shape index (κ3) is 3.21. The van der Waals surface area contributed by atoms with Crippen molar-refractivity contribution in [1.29, 1.82) is 0 Å². The van der Waals surface area contributed by atoms with Crippen LogP contribution in [0.4, 0.5) is 13.2 Å². The summed E-state index contributed by atoms with van der Waals surface area (Å²) in [4.78, 5) is 1.45. The van der Waals surface area contributed by atoms with E-state index < -0.39 is 11.7 Å². The minimum atomic E-state index is -4.37. The van der Waals surface area contributed by atoms with Crippen LogP contribution < -0.4 is 5.32 Å². The van der Waals surface area contributed by atoms with Gasteiger partial charge in [-0.1, -0.05) is 12.1 Å². The van der Waals surface area contributed by atoms with E-state index in [0.29, 0.717) is 18.0 Å². The van der Waals surface area contributed by atoms with Gasteiger partial charge < -0.3 is 5.32 Å². The molecule has 0 aliphatic carbocycles. The van der Waals surface area contributed by atoms with Crippen molar-refractivity contribution in [1.82, 2.24) is 25.5 Å². The summed E-state index contributed by atoms with van der Waals surface area (Å²) in [7, 11) is 0. The van der Waals surface area contributed by atoms with Gasteiger partial charge in [0.15, 0.2) is 0 Å². The SMILES string of the molecule is FC(F)(F)c1cccc(-c2nnn(C[C@@H]3CCNC3)n2)c1. The Morgan fingerprint density at radius 2 is 2.19 bits per heavy atom. The lowest BCUT2D eigenvalue weighted by Crippen LogP contribution is -2.16. The van der Waals surface area contributed by atoms with Crippen LogP contribution in [0.1, 0.15) is 12.0 Å². The van der Waals surface area contributed by atoms with Crippen molar-refractivity contribution < 1.29 is 13.2 Å². The van der Waals surface area contributed by atoms with E-state index in [4.69, 9.17) is 0 Å². The largest absolute Gasteiger partial charge is 0.416 e. The molecule has 1 atom stereocenters. The van der Waals surface area contributed by atoms with Crippen LogP contribution in [0, 0.1) is 5.92 Å². The van der Waals surface area contributed by atoms with E-state index in [0.717, 1.165) is 31.6 Å².